The third-order valence-electron chi connectivity index (χ3n) is 3.97. The van der Waals surface area contributed by atoms with E-state index >= 15 is 0 Å². The van der Waals surface area contributed by atoms with Crippen molar-refractivity contribution in [2.45, 2.75) is 33.6 Å². The Bertz CT molecular complexity index is 969. The summed E-state index contributed by atoms with van der Waals surface area (Å²) in [5.74, 6) is 0.596. The molecular formula is C22H25BrClN3O3S. The van der Waals surface area contributed by atoms with Crippen LogP contribution in [-0.2, 0) is 4.79 Å². The number of benzene rings is 2. The molecule has 166 valence electrons. The average Bonchev–Trinajstić information content (AvgIpc) is 2.69. The molecule has 2 amide bonds. The van der Waals surface area contributed by atoms with Crippen molar-refractivity contribution >= 4 is 68.1 Å². The van der Waals surface area contributed by atoms with E-state index in [4.69, 9.17) is 28.6 Å². The molecule has 0 spiro atoms. The minimum absolute atomic E-state index is 0.0835. The van der Waals surface area contributed by atoms with E-state index in [0.717, 1.165) is 6.42 Å². The first kappa shape index (κ1) is 25.1. The number of rotatable bonds is 8. The lowest BCUT2D eigenvalue weighted by Gasteiger charge is -2.14. The Hall–Kier alpha value is -2.16. The Morgan fingerprint density at radius 1 is 1.16 bits per heavy atom. The fourth-order valence-electron chi connectivity index (χ4n) is 2.49. The summed E-state index contributed by atoms with van der Waals surface area (Å²) in [5.41, 5.74) is 1.47. The Kier molecular flexibility index (Phi) is 9.74. The molecule has 9 heteroatoms. The van der Waals surface area contributed by atoms with E-state index in [1.165, 1.54) is 0 Å². The molecule has 0 fully saturated rings. The molecule has 2 rings (SSSR count). The van der Waals surface area contributed by atoms with Gasteiger partial charge in [0.05, 0.1) is 21.8 Å². The quantitative estimate of drug-likeness (QED) is 0.368. The zero-order valence-corrected chi connectivity index (χ0v) is 20.7. The van der Waals surface area contributed by atoms with Crippen molar-refractivity contribution in [1.29, 1.82) is 0 Å². The van der Waals surface area contributed by atoms with Gasteiger partial charge in [-0.2, -0.15) is 0 Å². The van der Waals surface area contributed by atoms with Crippen LogP contribution in [0, 0.1) is 5.92 Å². The van der Waals surface area contributed by atoms with Crippen LogP contribution in [0.2, 0.25) is 5.02 Å². The van der Waals surface area contributed by atoms with E-state index in [0.29, 0.717) is 51.1 Å². The maximum Gasteiger partial charge on any atom is 0.257 e. The normalized spacial score (nSPS) is 10.5. The molecule has 2 aromatic carbocycles. The topological polar surface area (TPSA) is 79.5 Å². The first-order valence-corrected chi connectivity index (χ1v) is 11.4. The summed E-state index contributed by atoms with van der Waals surface area (Å²) in [6, 6.07) is 10.1. The largest absolute Gasteiger partial charge is 0.492 e. The fourth-order valence-corrected chi connectivity index (χ4v) is 3.35. The molecule has 6 nitrogen and oxygen atoms in total. The van der Waals surface area contributed by atoms with Crippen molar-refractivity contribution in [3.05, 3.63) is 51.5 Å². The van der Waals surface area contributed by atoms with E-state index in [1.54, 1.807) is 36.4 Å². The number of halogens is 2. The Morgan fingerprint density at radius 3 is 2.55 bits per heavy atom. The van der Waals surface area contributed by atoms with Crippen molar-refractivity contribution in [1.82, 2.24) is 5.32 Å². The molecule has 0 aliphatic heterocycles. The summed E-state index contributed by atoms with van der Waals surface area (Å²) in [6.45, 7) is 6.63. The molecule has 0 heterocycles. The van der Waals surface area contributed by atoms with Crippen LogP contribution in [0.15, 0.2) is 40.9 Å². The van der Waals surface area contributed by atoms with Crippen LogP contribution in [-0.4, -0.2) is 23.5 Å². The monoisotopic (exact) mass is 525 g/mol. The van der Waals surface area contributed by atoms with Gasteiger partial charge >= 0.3 is 0 Å². The van der Waals surface area contributed by atoms with Crippen LogP contribution >= 0.6 is 39.7 Å². The van der Waals surface area contributed by atoms with E-state index in [1.807, 2.05) is 6.92 Å². The molecule has 31 heavy (non-hydrogen) atoms. The van der Waals surface area contributed by atoms with E-state index < -0.39 is 0 Å². The number of nitrogens with one attached hydrogen (secondary N) is 3. The van der Waals surface area contributed by atoms with Crippen molar-refractivity contribution in [3.8, 4) is 5.75 Å². The molecule has 0 saturated carbocycles. The van der Waals surface area contributed by atoms with Crippen LogP contribution < -0.4 is 20.7 Å². The van der Waals surface area contributed by atoms with Gasteiger partial charge in [0.25, 0.3) is 5.91 Å². The van der Waals surface area contributed by atoms with Gasteiger partial charge in [-0.1, -0.05) is 32.4 Å². The second kappa shape index (κ2) is 12.0. The third kappa shape index (κ3) is 8.12. The van der Waals surface area contributed by atoms with Crippen molar-refractivity contribution in [2.24, 2.45) is 5.92 Å². The van der Waals surface area contributed by atoms with E-state index in [9.17, 15) is 9.59 Å². The molecule has 0 aliphatic carbocycles. The van der Waals surface area contributed by atoms with Gasteiger partial charge in [0.15, 0.2) is 5.11 Å². The summed E-state index contributed by atoms with van der Waals surface area (Å²) >= 11 is 14.9. The predicted octanol–water partition coefficient (Wildman–Crippen LogP) is 6.00. The van der Waals surface area contributed by atoms with Crippen LogP contribution in [0.25, 0.3) is 0 Å². The standard InChI is InChI=1S/C22H25BrClN3O3S/c1-4-5-20(28)25-15-7-8-17(24)18(11-15)26-22(31)27-21(29)14-6-9-19(16(23)10-14)30-12-13(2)3/h6-11,13H,4-5,12H2,1-3H3,(H,25,28)(H2,26,27,29,31). The summed E-state index contributed by atoms with van der Waals surface area (Å²) < 4.78 is 6.38. The molecule has 0 radical (unpaired) electrons. The first-order chi connectivity index (χ1) is 14.7. The summed E-state index contributed by atoms with van der Waals surface area (Å²) in [5, 5.41) is 8.80. The summed E-state index contributed by atoms with van der Waals surface area (Å²) in [6.07, 6.45) is 1.18. The van der Waals surface area contributed by atoms with Gasteiger partial charge in [-0.25, -0.2) is 0 Å². The average molecular weight is 527 g/mol. The van der Waals surface area contributed by atoms with Gasteiger partial charge in [0, 0.05) is 17.7 Å². The molecule has 0 aromatic heterocycles. The number of carbonyl (C=O) groups is 2. The van der Waals surface area contributed by atoms with E-state index in [-0.39, 0.29) is 16.9 Å². The van der Waals surface area contributed by atoms with Gasteiger partial charge in [0.1, 0.15) is 5.75 Å². The second-order valence-electron chi connectivity index (χ2n) is 7.25. The van der Waals surface area contributed by atoms with Crippen LogP contribution in [0.5, 0.6) is 5.75 Å². The minimum Gasteiger partial charge on any atom is -0.492 e. The lowest BCUT2D eigenvalue weighted by Crippen LogP contribution is -2.34. The van der Waals surface area contributed by atoms with Crippen LogP contribution in [0.1, 0.15) is 44.0 Å². The molecule has 0 atom stereocenters. The van der Waals surface area contributed by atoms with Gasteiger partial charge in [-0.15, -0.1) is 0 Å². The summed E-state index contributed by atoms with van der Waals surface area (Å²) in [4.78, 5) is 24.4. The number of thiocarbonyl (C=S) groups is 1. The lowest BCUT2D eigenvalue weighted by atomic mass is 10.2. The Balaban J connectivity index is 2.01. The van der Waals surface area contributed by atoms with Gasteiger partial charge < -0.3 is 15.4 Å². The predicted molar refractivity (Wildman–Crippen MR) is 133 cm³/mol. The minimum atomic E-state index is -0.378. The third-order valence-corrected chi connectivity index (χ3v) is 5.12. The zero-order valence-electron chi connectivity index (χ0n) is 17.6. The van der Waals surface area contributed by atoms with Gasteiger partial charge in [-0.05, 0) is 76.9 Å². The van der Waals surface area contributed by atoms with Crippen molar-refractivity contribution in [2.75, 3.05) is 17.2 Å². The highest BCUT2D eigenvalue weighted by atomic mass is 79.9. The van der Waals surface area contributed by atoms with E-state index in [2.05, 4.69) is 45.7 Å². The summed E-state index contributed by atoms with van der Waals surface area (Å²) in [7, 11) is 0. The fraction of sp³-hybridized carbons (Fsp3) is 0.318. The molecule has 0 saturated heterocycles. The number of anilines is 2. The van der Waals surface area contributed by atoms with Gasteiger partial charge in [0.2, 0.25) is 5.91 Å². The first-order valence-electron chi connectivity index (χ1n) is 9.83. The molecule has 0 unspecified atom stereocenters. The SMILES string of the molecule is CCCC(=O)Nc1ccc(Cl)c(NC(=S)NC(=O)c2ccc(OCC(C)C)c(Br)c2)c1. The maximum absolute atomic E-state index is 12.6. The molecule has 2 aromatic rings. The number of carbonyl (C=O) groups excluding carboxylic acids is 2. The number of ether oxygens (including phenoxy) is 1. The maximum atomic E-state index is 12.6. The smallest absolute Gasteiger partial charge is 0.257 e. The lowest BCUT2D eigenvalue weighted by molar-refractivity contribution is -0.116. The van der Waals surface area contributed by atoms with Crippen LogP contribution in [0.3, 0.4) is 0 Å². The molecule has 3 N–H and O–H groups in total. The van der Waals surface area contributed by atoms with Gasteiger partial charge in [-0.3, -0.25) is 14.9 Å². The van der Waals surface area contributed by atoms with Crippen molar-refractivity contribution < 1.29 is 14.3 Å². The highest BCUT2D eigenvalue weighted by Gasteiger charge is 2.13. The zero-order chi connectivity index (χ0) is 23.0. The molecular weight excluding hydrogens is 502 g/mol. The Labute approximate surface area is 201 Å². The highest BCUT2D eigenvalue weighted by molar-refractivity contribution is 9.10. The number of amides is 2. The molecule has 0 aliphatic rings. The van der Waals surface area contributed by atoms with Crippen molar-refractivity contribution in [3.63, 3.8) is 0 Å². The molecule has 0 bridgehead atoms. The highest BCUT2D eigenvalue weighted by Crippen LogP contribution is 2.27. The van der Waals surface area contributed by atoms with Crippen LogP contribution in [0.4, 0.5) is 11.4 Å². The number of hydrogen-bond acceptors (Lipinski definition) is 4. The number of hydrogen-bond donors (Lipinski definition) is 3. The Morgan fingerprint density at radius 2 is 1.90 bits per heavy atom. The second-order valence-corrected chi connectivity index (χ2v) is 8.92.